The van der Waals surface area contributed by atoms with Crippen molar-refractivity contribution in [2.45, 2.75) is 13.8 Å². The molecule has 0 saturated carbocycles. The van der Waals surface area contributed by atoms with Gasteiger partial charge in [-0.25, -0.2) is 4.79 Å². The van der Waals surface area contributed by atoms with Crippen LogP contribution in [0, 0.1) is 5.92 Å². The lowest BCUT2D eigenvalue weighted by molar-refractivity contribution is -0.138. The number of aliphatic carboxylic acids is 1. The molecule has 0 rings (SSSR count). The topological polar surface area (TPSA) is 108 Å². The van der Waals surface area contributed by atoms with Crippen LogP contribution >= 0.6 is 0 Å². The second kappa shape index (κ2) is 10.2. The summed E-state index contributed by atoms with van der Waals surface area (Å²) in [6.45, 7) is 4.57. The Kier molecular flexibility index (Phi) is 9.31. The fourth-order valence-electron chi connectivity index (χ4n) is 1.57. The van der Waals surface area contributed by atoms with Crippen molar-refractivity contribution >= 4 is 17.9 Å². The molecule has 0 fully saturated rings. The average Bonchev–Trinajstić information content (AvgIpc) is 2.26. The van der Waals surface area contributed by atoms with Crippen LogP contribution in [0.25, 0.3) is 0 Å². The molecule has 3 amide bonds. The minimum Gasteiger partial charge on any atom is -0.480 e. The number of carbonyl (C=O) groups is 3. The van der Waals surface area contributed by atoms with Crippen LogP contribution in [0.4, 0.5) is 4.79 Å². The number of carboxylic acids is 1. The van der Waals surface area contributed by atoms with E-state index in [0.29, 0.717) is 19.7 Å². The molecule has 0 aliphatic heterocycles. The summed E-state index contributed by atoms with van der Waals surface area (Å²) in [7, 11) is 1.50. The molecule has 0 saturated heterocycles. The molecule has 0 aromatic carbocycles. The predicted octanol–water partition coefficient (Wildman–Crippen LogP) is -0.499. The molecule has 116 valence electrons. The first kappa shape index (κ1) is 18.3. The maximum absolute atomic E-state index is 11.6. The SMILES string of the molecule is COCCNC(=O)NC(=O)CN(CC(=O)O)CC(C)C. The normalized spacial score (nSPS) is 10.7. The van der Waals surface area contributed by atoms with E-state index < -0.39 is 17.9 Å². The van der Waals surface area contributed by atoms with Crippen molar-refractivity contribution in [2.75, 3.05) is 39.9 Å². The number of methoxy groups -OCH3 is 1. The Labute approximate surface area is 118 Å². The van der Waals surface area contributed by atoms with Gasteiger partial charge in [-0.15, -0.1) is 0 Å². The maximum atomic E-state index is 11.6. The Morgan fingerprint density at radius 1 is 1.25 bits per heavy atom. The highest BCUT2D eigenvalue weighted by Gasteiger charge is 2.16. The first-order chi connectivity index (χ1) is 9.35. The lowest BCUT2D eigenvalue weighted by Crippen LogP contribution is -2.46. The minimum atomic E-state index is -1.01. The minimum absolute atomic E-state index is 0.137. The maximum Gasteiger partial charge on any atom is 0.321 e. The molecule has 8 nitrogen and oxygen atoms in total. The largest absolute Gasteiger partial charge is 0.480 e. The molecular weight excluding hydrogens is 266 g/mol. The zero-order valence-corrected chi connectivity index (χ0v) is 12.1. The van der Waals surface area contributed by atoms with E-state index in [2.05, 4.69) is 10.6 Å². The Bertz CT molecular complexity index is 333. The Morgan fingerprint density at radius 2 is 1.90 bits per heavy atom. The zero-order valence-electron chi connectivity index (χ0n) is 12.1. The van der Waals surface area contributed by atoms with Crippen LogP contribution in [0.3, 0.4) is 0 Å². The number of carbonyl (C=O) groups excluding carboxylic acids is 2. The summed E-state index contributed by atoms with van der Waals surface area (Å²) < 4.78 is 4.75. The van der Waals surface area contributed by atoms with E-state index in [0.717, 1.165) is 0 Å². The van der Waals surface area contributed by atoms with Crippen molar-refractivity contribution < 1.29 is 24.2 Å². The van der Waals surface area contributed by atoms with Crippen LogP contribution in [-0.2, 0) is 14.3 Å². The molecule has 0 aromatic rings. The third kappa shape index (κ3) is 10.3. The van der Waals surface area contributed by atoms with Gasteiger partial charge in [0.2, 0.25) is 5.91 Å². The summed E-state index contributed by atoms with van der Waals surface area (Å²) in [6, 6.07) is -0.619. The van der Waals surface area contributed by atoms with Crippen LogP contribution in [0.1, 0.15) is 13.8 Å². The number of hydrogen-bond donors (Lipinski definition) is 3. The van der Waals surface area contributed by atoms with Gasteiger partial charge in [0.25, 0.3) is 0 Å². The van der Waals surface area contributed by atoms with Crippen molar-refractivity contribution in [2.24, 2.45) is 5.92 Å². The van der Waals surface area contributed by atoms with E-state index in [4.69, 9.17) is 9.84 Å². The van der Waals surface area contributed by atoms with E-state index in [1.807, 2.05) is 13.8 Å². The zero-order chi connectivity index (χ0) is 15.5. The number of nitrogens with one attached hydrogen (secondary N) is 2. The molecule has 0 aliphatic carbocycles. The van der Waals surface area contributed by atoms with Gasteiger partial charge in [0.15, 0.2) is 0 Å². The number of imide groups is 1. The van der Waals surface area contributed by atoms with Crippen LogP contribution in [-0.4, -0.2) is 67.8 Å². The standard InChI is InChI=1S/C12H23N3O5/c1-9(2)6-15(8-11(17)18)7-10(16)14-12(19)13-4-5-20-3/h9H,4-8H2,1-3H3,(H,17,18)(H2,13,14,16,19). The Morgan fingerprint density at radius 3 is 2.40 bits per heavy atom. The highest BCUT2D eigenvalue weighted by molar-refractivity contribution is 5.95. The van der Waals surface area contributed by atoms with E-state index in [1.165, 1.54) is 12.0 Å². The monoisotopic (exact) mass is 289 g/mol. The predicted molar refractivity (Wildman–Crippen MR) is 72.3 cm³/mol. The lowest BCUT2D eigenvalue weighted by Gasteiger charge is -2.21. The number of rotatable bonds is 9. The molecule has 0 aliphatic rings. The molecular formula is C12H23N3O5. The molecule has 0 aromatic heterocycles. The second-order valence-corrected chi connectivity index (χ2v) is 4.75. The number of ether oxygens (including phenoxy) is 1. The van der Waals surface area contributed by atoms with Crippen molar-refractivity contribution in [1.29, 1.82) is 0 Å². The molecule has 0 unspecified atom stereocenters. The summed E-state index contributed by atoms with van der Waals surface area (Å²) >= 11 is 0. The average molecular weight is 289 g/mol. The van der Waals surface area contributed by atoms with Gasteiger partial charge < -0.3 is 15.2 Å². The van der Waals surface area contributed by atoms with E-state index >= 15 is 0 Å². The number of nitrogens with zero attached hydrogens (tertiary/aromatic N) is 1. The fourth-order valence-corrected chi connectivity index (χ4v) is 1.57. The first-order valence-electron chi connectivity index (χ1n) is 6.36. The van der Waals surface area contributed by atoms with Gasteiger partial charge in [-0.2, -0.15) is 0 Å². The van der Waals surface area contributed by atoms with E-state index in [1.54, 1.807) is 0 Å². The van der Waals surface area contributed by atoms with E-state index in [9.17, 15) is 14.4 Å². The summed E-state index contributed by atoms with van der Waals surface area (Å²) in [5.41, 5.74) is 0. The molecule has 3 N–H and O–H groups in total. The quantitative estimate of drug-likeness (QED) is 0.494. The van der Waals surface area contributed by atoms with Crippen molar-refractivity contribution in [3.05, 3.63) is 0 Å². The number of amides is 3. The number of hydrogen-bond acceptors (Lipinski definition) is 5. The molecule has 20 heavy (non-hydrogen) atoms. The van der Waals surface area contributed by atoms with Crippen molar-refractivity contribution in [1.82, 2.24) is 15.5 Å². The van der Waals surface area contributed by atoms with Crippen molar-refractivity contribution in [3.8, 4) is 0 Å². The first-order valence-corrected chi connectivity index (χ1v) is 6.36. The van der Waals surface area contributed by atoms with Crippen LogP contribution < -0.4 is 10.6 Å². The highest BCUT2D eigenvalue weighted by atomic mass is 16.5. The highest BCUT2D eigenvalue weighted by Crippen LogP contribution is 1.98. The smallest absolute Gasteiger partial charge is 0.321 e. The number of carboxylic acid groups (broad SMARTS) is 1. The molecule has 0 atom stereocenters. The van der Waals surface area contributed by atoms with Crippen molar-refractivity contribution in [3.63, 3.8) is 0 Å². The molecule has 0 spiro atoms. The summed E-state index contributed by atoms with van der Waals surface area (Å²) in [6.07, 6.45) is 0. The Hall–Kier alpha value is -1.67. The van der Waals surface area contributed by atoms with Gasteiger partial charge in [-0.05, 0) is 5.92 Å². The van der Waals surface area contributed by atoms with Gasteiger partial charge in [0.05, 0.1) is 19.7 Å². The van der Waals surface area contributed by atoms with Crippen LogP contribution in [0.2, 0.25) is 0 Å². The molecule has 0 heterocycles. The molecule has 0 bridgehead atoms. The third-order valence-corrected chi connectivity index (χ3v) is 2.19. The van der Waals surface area contributed by atoms with Gasteiger partial charge in [0, 0.05) is 20.2 Å². The van der Waals surface area contributed by atoms with Crippen LogP contribution in [0.5, 0.6) is 0 Å². The van der Waals surface area contributed by atoms with Gasteiger partial charge >= 0.3 is 12.0 Å². The van der Waals surface area contributed by atoms with Gasteiger partial charge in [0.1, 0.15) is 0 Å². The summed E-state index contributed by atoms with van der Waals surface area (Å²) in [5, 5.41) is 13.3. The summed E-state index contributed by atoms with van der Waals surface area (Å²) in [5.74, 6) is -1.33. The van der Waals surface area contributed by atoms with Gasteiger partial charge in [-0.3, -0.25) is 19.8 Å². The number of urea groups is 1. The summed E-state index contributed by atoms with van der Waals surface area (Å²) in [4.78, 5) is 35.1. The fraction of sp³-hybridized carbons (Fsp3) is 0.750. The Balaban J connectivity index is 4.16. The molecule has 8 heteroatoms. The molecule has 0 radical (unpaired) electrons. The van der Waals surface area contributed by atoms with E-state index in [-0.39, 0.29) is 19.0 Å². The van der Waals surface area contributed by atoms with Gasteiger partial charge in [-0.1, -0.05) is 13.8 Å². The van der Waals surface area contributed by atoms with Crippen LogP contribution in [0.15, 0.2) is 0 Å². The third-order valence-electron chi connectivity index (χ3n) is 2.19. The second-order valence-electron chi connectivity index (χ2n) is 4.75. The lowest BCUT2D eigenvalue weighted by atomic mass is 10.2.